The zero-order valence-electron chi connectivity index (χ0n) is 49.0. The maximum atomic E-state index is 13.5. The number of carbonyl (C=O) groups is 1. The van der Waals surface area contributed by atoms with E-state index in [1.54, 1.807) is 6.92 Å². The average Bonchev–Trinajstić information content (AvgIpc) is 1.86. The third kappa shape index (κ3) is 13.0. The Balaban J connectivity index is 0.973. The first-order valence-electron chi connectivity index (χ1n) is 29.7. The van der Waals surface area contributed by atoms with Crippen LogP contribution in [0.5, 0.6) is 0 Å². The van der Waals surface area contributed by atoms with E-state index in [-0.39, 0.29) is 54.6 Å². The predicted molar refractivity (Wildman–Crippen MR) is 284 cm³/mol. The van der Waals surface area contributed by atoms with Crippen molar-refractivity contribution < 1.29 is 131 Å². The second kappa shape index (κ2) is 25.6. The molecule has 8 fully saturated rings. The largest absolute Gasteiger partial charge is 0.397 e. The fourth-order valence-electron chi connectivity index (χ4n) is 15.4. The molecule has 3 unspecified atom stereocenters. The number of allylic oxidation sites excluding steroid dienone is 2. The fraction of sp³-hybridized carbons (Fsp3) is 0.946. The van der Waals surface area contributed by atoms with Crippen LogP contribution in [-0.4, -0.2) is 252 Å². The SMILES string of the molecule is CC(C)[C@@H](C)C(=O)C[C@@](C)(O)[C@H]1CCC2C3C[C@H](O[C@@H]4O[C@H](C)[C@@H](O)[C@H](O[C@@H]5OC[C@@H](O[C@@H]6OC[C@H](O)[C@H](O)[C@H]6O[C@H]6O[C@H](C)[C@H](O)[C@@H](O)[C@H]6O)[C@H](O)[C@H]5O[C@H]5O[C@H](C)[C@H](O)[C@H](O)[C@H]5O)[C@H]4O)C4C[C@@H](OS(=O)(=O)O)CC[C@]4(C)C3=CC[C@@]21C. The van der Waals surface area contributed by atoms with Crippen LogP contribution in [0.1, 0.15) is 114 Å². The minimum absolute atomic E-state index is 0.00122. The maximum Gasteiger partial charge on any atom is 0.397 e. The van der Waals surface area contributed by atoms with Gasteiger partial charge in [-0.15, -0.1) is 0 Å². The molecule has 0 aromatic carbocycles. The number of ether oxygens (including phenoxy) is 10. The summed E-state index contributed by atoms with van der Waals surface area (Å²) in [7, 11) is -4.88. The molecule has 5 saturated heterocycles. The van der Waals surface area contributed by atoms with E-state index < -0.39 is 199 Å². The fourth-order valence-corrected chi connectivity index (χ4v) is 16.0. The van der Waals surface area contributed by atoms with E-state index >= 15 is 0 Å². The van der Waals surface area contributed by atoms with Crippen molar-refractivity contribution in [2.45, 2.75) is 273 Å². The van der Waals surface area contributed by atoms with E-state index in [9.17, 15) is 79.0 Å². The third-order valence-electron chi connectivity index (χ3n) is 20.8. The summed E-state index contributed by atoms with van der Waals surface area (Å²) in [4.78, 5) is 13.5. The van der Waals surface area contributed by atoms with Crippen LogP contribution < -0.4 is 0 Å². The molecule has 4 aliphatic carbocycles. The number of aliphatic hydroxyl groups excluding tert-OH is 11. The normalized spacial score (nSPS) is 51.2. The molecule has 5 heterocycles. The van der Waals surface area contributed by atoms with Gasteiger partial charge in [0.15, 0.2) is 31.5 Å². The lowest BCUT2D eigenvalue weighted by atomic mass is 9.47. The van der Waals surface area contributed by atoms with Gasteiger partial charge < -0.3 is 109 Å². The maximum absolute atomic E-state index is 13.5. The second-order valence-corrected chi connectivity index (χ2v) is 27.6. The molecule has 3 saturated carbocycles. The zero-order chi connectivity index (χ0) is 61.6. The number of fused-ring (bicyclic) bond motifs is 5. The number of Topliss-reactive ketones (excluding diaryl/α,β-unsaturated/α-hetero) is 1. The Morgan fingerprint density at radius 2 is 1.15 bits per heavy atom. The van der Waals surface area contributed by atoms with E-state index in [4.69, 9.17) is 51.6 Å². The van der Waals surface area contributed by atoms with Gasteiger partial charge in [-0.25, -0.2) is 4.18 Å². The van der Waals surface area contributed by atoms with Crippen molar-refractivity contribution in [3.8, 4) is 0 Å². The second-order valence-electron chi connectivity index (χ2n) is 26.6. The first-order chi connectivity index (χ1) is 39.2. The highest BCUT2D eigenvalue weighted by atomic mass is 32.3. The highest BCUT2D eigenvalue weighted by molar-refractivity contribution is 7.80. The van der Waals surface area contributed by atoms with Crippen molar-refractivity contribution in [3.05, 3.63) is 11.6 Å². The van der Waals surface area contributed by atoms with Gasteiger partial charge in [0.05, 0.1) is 49.3 Å². The third-order valence-corrected chi connectivity index (χ3v) is 21.3. The number of ketones is 1. The lowest BCUT2D eigenvalue weighted by Crippen LogP contribution is -2.66. The molecule has 9 aliphatic rings. The van der Waals surface area contributed by atoms with E-state index in [0.29, 0.717) is 25.7 Å². The Morgan fingerprint density at radius 1 is 0.631 bits per heavy atom. The van der Waals surface area contributed by atoms with E-state index in [2.05, 4.69) is 19.9 Å². The minimum atomic E-state index is -4.88. The minimum Gasteiger partial charge on any atom is -0.389 e. The molecule has 28 heteroatoms. The predicted octanol–water partition coefficient (Wildman–Crippen LogP) is -1.79. The van der Waals surface area contributed by atoms with Crippen molar-refractivity contribution in [1.82, 2.24) is 0 Å². The van der Waals surface area contributed by atoms with Gasteiger partial charge in [0.25, 0.3) is 0 Å². The summed E-state index contributed by atoms with van der Waals surface area (Å²) in [5, 5.41) is 134. The van der Waals surface area contributed by atoms with Gasteiger partial charge in [0, 0.05) is 12.3 Å². The molecular formula is C56H92O27S. The summed E-state index contributed by atoms with van der Waals surface area (Å²) in [6.45, 7) is 15.0. The number of hydrogen-bond acceptors (Lipinski definition) is 26. The molecule has 84 heavy (non-hydrogen) atoms. The van der Waals surface area contributed by atoms with Crippen LogP contribution in [0, 0.1) is 46.3 Å². The average molecular weight is 1230 g/mol. The van der Waals surface area contributed by atoms with Crippen LogP contribution in [0.3, 0.4) is 0 Å². The van der Waals surface area contributed by atoms with E-state index in [1.807, 2.05) is 20.8 Å². The molecule has 33 atom stereocenters. The molecule has 0 bridgehead atoms. The van der Waals surface area contributed by atoms with E-state index in [0.717, 1.165) is 12.0 Å². The van der Waals surface area contributed by atoms with Crippen LogP contribution in [0.25, 0.3) is 0 Å². The highest BCUT2D eigenvalue weighted by Crippen LogP contribution is 2.67. The Hall–Kier alpha value is -1.60. The van der Waals surface area contributed by atoms with Gasteiger partial charge in [-0.1, -0.05) is 46.3 Å². The van der Waals surface area contributed by atoms with Crippen molar-refractivity contribution >= 4 is 16.2 Å². The Labute approximate surface area is 489 Å². The topological polar surface area (TPSA) is 416 Å². The van der Waals surface area contributed by atoms with Gasteiger partial charge in [-0.3, -0.25) is 9.35 Å². The first kappa shape index (κ1) is 66.8. The van der Waals surface area contributed by atoms with E-state index in [1.165, 1.54) is 20.8 Å². The Bertz CT molecular complexity index is 2400. The molecule has 0 spiro atoms. The number of carbonyl (C=O) groups excluding carboxylic acids is 1. The number of hydrogen-bond donors (Lipinski definition) is 13. The van der Waals surface area contributed by atoms with Crippen LogP contribution in [0.4, 0.5) is 0 Å². The van der Waals surface area contributed by atoms with Gasteiger partial charge in [-0.05, 0) is 113 Å². The molecule has 484 valence electrons. The molecule has 5 aliphatic heterocycles. The summed E-state index contributed by atoms with van der Waals surface area (Å²) in [6.07, 6.45) is -34.3. The molecular weight excluding hydrogens is 1140 g/mol. The summed E-state index contributed by atoms with van der Waals surface area (Å²) in [6, 6.07) is 0. The van der Waals surface area contributed by atoms with Gasteiger partial charge in [0.2, 0.25) is 0 Å². The van der Waals surface area contributed by atoms with Gasteiger partial charge in [-0.2, -0.15) is 8.42 Å². The number of rotatable bonds is 17. The van der Waals surface area contributed by atoms with Crippen LogP contribution in [-0.2, 0) is 66.7 Å². The smallest absolute Gasteiger partial charge is 0.389 e. The molecule has 0 radical (unpaired) electrons. The molecule has 0 aromatic rings. The van der Waals surface area contributed by atoms with Crippen molar-refractivity contribution in [3.63, 3.8) is 0 Å². The summed E-state index contributed by atoms with van der Waals surface area (Å²) in [5.41, 5.74) is -1.25. The zero-order valence-corrected chi connectivity index (χ0v) is 49.8. The molecule has 13 N–H and O–H groups in total. The summed E-state index contributed by atoms with van der Waals surface area (Å²) >= 11 is 0. The van der Waals surface area contributed by atoms with Crippen LogP contribution in [0.2, 0.25) is 0 Å². The number of aliphatic hydroxyl groups is 12. The van der Waals surface area contributed by atoms with Gasteiger partial charge in [0.1, 0.15) is 97.3 Å². The van der Waals surface area contributed by atoms with Crippen molar-refractivity contribution in [2.24, 2.45) is 46.3 Å². The highest BCUT2D eigenvalue weighted by Gasteiger charge is 2.64. The van der Waals surface area contributed by atoms with Crippen LogP contribution >= 0.6 is 0 Å². The first-order valence-corrected chi connectivity index (χ1v) is 31.1. The lowest BCUT2D eigenvalue weighted by Gasteiger charge is -2.60. The van der Waals surface area contributed by atoms with Gasteiger partial charge >= 0.3 is 10.4 Å². The molecule has 9 rings (SSSR count). The molecule has 27 nitrogen and oxygen atoms in total. The van der Waals surface area contributed by atoms with Crippen molar-refractivity contribution in [2.75, 3.05) is 13.2 Å². The molecule has 0 amide bonds. The molecule has 0 aromatic heterocycles. The lowest BCUT2D eigenvalue weighted by molar-refractivity contribution is -0.394. The summed E-state index contributed by atoms with van der Waals surface area (Å²) in [5.74, 6) is -1.03. The summed E-state index contributed by atoms with van der Waals surface area (Å²) < 4.78 is 100. The quantitative estimate of drug-likeness (QED) is 0.0565. The standard InChI is InChI=1S/C56H92O27S/c1-21(2)22(3)31(57)18-56(9,69)35-11-10-28-27-17-33(30-16-26(83-84(70,71)72)12-14-54(30,7)29(27)13-15-55(28,35)8)78-51-45(68)46(38(61)25(6)77-51)80-53-48(82-50-44(67)42(65)37(60)24(5)76-50)40(63)34(20-74-53)79-52-47(39(62)32(58)19-73-52)81-49-43(66)41(64)36(59)23(4)75-49/h13,21-28,30,32-53,58-69H,10-12,14-20H2,1-9H3,(H,70,71,72)/t22-,23-,24-,25-,26+,27?,28?,30?,32+,33+,34-,35+,36+,37+,38-,39+,40+,41-,42+,43-,44-,45-,46+,47-,48-,49-,50-,51+,52+,53+,54-,55+,56-/m1/s1. The Kier molecular flexibility index (Phi) is 20.4. The van der Waals surface area contributed by atoms with Crippen LogP contribution in [0.15, 0.2) is 11.6 Å². The monoisotopic (exact) mass is 1230 g/mol. The Morgan fingerprint density at radius 3 is 1.74 bits per heavy atom. The van der Waals surface area contributed by atoms with Crippen molar-refractivity contribution in [1.29, 1.82) is 0 Å².